The molecule has 0 fully saturated rings. The predicted octanol–water partition coefficient (Wildman–Crippen LogP) is 4.95. The third kappa shape index (κ3) is 3.33. The largest absolute Gasteiger partial charge is 0.494 e. The molecule has 0 aliphatic carbocycles. The van der Waals surface area contributed by atoms with Crippen LogP contribution in [-0.2, 0) is 6.54 Å². The van der Waals surface area contributed by atoms with E-state index in [-0.39, 0.29) is 5.63 Å². The first-order valence-corrected chi connectivity index (χ1v) is 9.75. The van der Waals surface area contributed by atoms with Crippen molar-refractivity contribution in [2.75, 3.05) is 18.2 Å². The van der Waals surface area contributed by atoms with Gasteiger partial charge in [-0.25, -0.2) is 4.79 Å². The van der Waals surface area contributed by atoms with Crippen molar-refractivity contribution in [1.29, 1.82) is 0 Å². The molecule has 0 spiro atoms. The third-order valence-electron chi connectivity index (χ3n) is 5.36. The Labute approximate surface area is 164 Å². The van der Waals surface area contributed by atoms with Crippen molar-refractivity contribution in [3.63, 3.8) is 0 Å². The summed E-state index contributed by atoms with van der Waals surface area (Å²) in [6.45, 7) is 7.66. The number of hydrogen-bond acceptors (Lipinski definition) is 5. The highest BCUT2D eigenvalue weighted by Crippen LogP contribution is 2.35. The van der Waals surface area contributed by atoms with E-state index in [1.165, 1.54) is 0 Å². The van der Waals surface area contributed by atoms with Crippen LogP contribution >= 0.6 is 0 Å². The number of ether oxygens (including phenoxy) is 2. The standard InChI is InChI=1S/C23H25NO4/c1-4-5-11-26-18-8-6-7-17(12-18)24-13-20-21(27-14-24)10-9-19-15(2)16(3)23(25)28-22(19)20/h6-10,12H,4-5,11,13-14H2,1-3H3. The van der Waals surface area contributed by atoms with Crippen LogP contribution in [-0.4, -0.2) is 13.3 Å². The van der Waals surface area contributed by atoms with E-state index < -0.39 is 0 Å². The van der Waals surface area contributed by atoms with Gasteiger partial charge in [0.25, 0.3) is 0 Å². The Morgan fingerprint density at radius 2 is 2.00 bits per heavy atom. The molecule has 1 aliphatic heterocycles. The summed E-state index contributed by atoms with van der Waals surface area (Å²) in [4.78, 5) is 14.3. The van der Waals surface area contributed by atoms with Crippen molar-refractivity contribution >= 4 is 16.7 Å². The molecule has 146 valence electrons. The van der Waals surface area contributed by atoms with Crippen molar-refractivity contribution in [3.05, 3.63) is 63.5 Å². The molecule has 0 amide bonds. The van der Waals surface area contributed by atoms with E-state index in [1.807, 2.05) is 43.3 Å². The maximum Gasteiger partial charge on any atom is 0.339 e. The summed E-state index contributed by atoms with van der Waals surface area (Å²) in [7, 11) is 0. The number of unbranched alkanes of at least 4 members (excludes halogenated alkanes) is 1. The molecule has 1 aliphatic rings. The van der Waals surface area contributed by atoms with E-state index in [2.05, 4.69) is 11.8 Å². The minimum Gasteiger partial charge on any atom is -0.494 e. The number of aryl methyl sites for hydroxylation is 1. The first-order valence-electron chi connectivity index (χ1n) is 9.75. The number of fused-ring (bicyclic) bond motifs is 3. The number of hydrogen-bond donors (Lipinski definition) is 0. The van der Waals surface area contributed by atoms with Crippen LogP contribution in [0.5, 0.6) is 11.5 Å². The average Bonchev–Trinajstić information content (AvgIpc) is 2.72. The Kier molecular flexibility index (Phi) is 4.99. The van der Waals surface area contributed by atoms with Crippen molar-refractivity contribution in [1.82, 2.24) is 0 Å². The Balaban J connectivity index is 1.68. The van der Waals surface area contributed by atoms with Gasteiger partial charge in [0, 0.05) is 22.7 Å². The molecule has 28 heavy (non-hydrogen) atoms. The highest BCUT2D eigenvalue weighted by Gasteiger charge is 2.23. The zero-order valence-electron chi connectivity index (χ0n) is 16.6. The molecule has 0 bridgehead atoms. The zero-order valence-corrected chi connectivity index (χ0v) is 16.6. The highest BCUT2D eigenvalue weighted by molar-refractivity contribution is 5.86. The van der Waals surface area contributed by atoms with Gasteiger partial charge in [0.1, 0.15) is 17.1 Å². The highest BCUT2D eigenvalue weighted by atomic mass is 16.5. The first kappa shape index (κ1) is 18.4. The van der Waals surface area contributed by atoms with Gasteiger partial charge in [0.15, 0.2) is 6.73 Å². The lowest BCUT2D eigenvalue weighted by Crippen LogP contribution is -2.32. The van der Waals surface area contributed by atoms with E-state index in [4.69, 9.17) is 13.9 Å². The number of benzene rings is 2. The summed E-state index contributed by atoms with van der Waals surface area (Å²) in [5.41, 5.74) is 3.85. The van der Waals surface area contributed by atoms with Crippen LogP contribution in [0.25, 0.3) is 11.0 Å². The van der Waals surface area contributed by atoms with Gasteiger partial charge in [-0.05, 0) is 50.1 Å². The second-order valence-electron chi connectivity index (χ2n) is 7.23. The molecule has 5 nitrogen and oxygen atoms in total. The molecule has 2 heterocycles. The van der Waals surface area contributed by atoms with Gasteiger partial charge < -0.3 is 18.8 Å². The lowest BCUT2D eigenvalue weighted by atomic mass is 10.0. The molecule has 0 atom stereocenters. The van der Waals surface area contributed by atoms with Crippen molar-refractivity contribution in [2.45, 2.75) is 40.2 Å². The SMILES string of the molecule is CCCCOc1cccc(N2COc3ccc4c(C)c(C)c(=O)oc4c3C2)c1. The molecule has 0 radical (unpaired) electrons. The Bertz CT molecular complexity index is 1070. The number of anilines is 1. The summed E-state index contributed by atoms with van der Waals surface area (Å²) in [5.74, 6) is 1.62. The topological polar surface area (TPSA) is 51.9 Å². The quantitative estimate of drug-likeness (QED) is 0.464. The van der Waals surface area contributed by atoms with E-state index in [0.29, 0.717) is 31.0 Å². The van der Waals surface area contributed by atoms with Crippen LogP contribution in [0.4, 0.5) is 5.69 Å². The van der Waals surface area contributed by atoms with E-state index in [0.717, 1.165) is 46.5 Å². The van der Waals surface area contributed by atoms with Gasteiger partial charge in [0.05, 0.1) is 18.7 Å². The molecule has 3 aromatic rings. The molecule has 0 saturated heterocycles. The van der Waals surface area contributed by atoms with Gasteiger partial charge in [-0.1, -0.05) is 19.4 Å². The number of rotatable bonds is 5. The predicted molar refractivity (Wildman–Crippen MR) is 110 cm³/mol. The Morgan fingerprint density at radius 1 is 1.14 bits per heavy atom. The molecule has 5 heteroatoms. The lowest BCUT2D eigenvalue weighted by Gasteiger charge is -2.31. The second kappa shape index (κ2) is 7.58. The molecule has 4 rings (SSSR count). The molecule has 1 aromatic heterocycles. The first-order chi connectivity index (χ1) is 13.6. The fraction of sp³-hybridized carbons (Fsp3) is 0.348. The molecular weight excluding hydrogens is 354 g/mol. The summed E-state index contributed by atoms with van der Waals surface area (Å²) < 4.78 is 17.5. The van der Waals surface area contributed by atoms with Crippen molar-refractivity contribution < 1.29 is 13.9 Å². The molecule has 2 aromatic carbocycles. The minimum atomic E-state index is -0.290. The summed E-state index contributed by atoms with van der Waals surface area (Å²) in [6, 6.07) is 12.0. The summed E-state index contributed by atoms with van der Waals surface area (Å²) >= 11 is 0. The molecule has 0 saturated carbocycles. The van der Waals surface area contributed by atoms with Gasteiger partial charge >= 0.3 is 5.63 Å². The van der Waals surface area contributed by atoms with E-state index in [9.17, 15) is 4.79 Å². The maximum absolute atomic E-state index is 12.2. The molecule has 0 N–H and O–H groups in total. The van der Waals surface area contributed by atoms with E-state index in [1.54, 1.807) is 6.92 Å². The van der Waals surface area contributed by atoms with Gasteiger partial charge in [-0.3, -0.25) is 0 Å². The van der Waals surface area contributed by atoms with Crippen LogP contribution in [0.3, 0.4) is 0 Å². The summed E-state index contributed by atoms with van der Waals surface area (Å²) in [6.07, 6.45) is 2.14. The monoisotopic (exact) mass is 379 g/mol. The van der Waals surface area contributed by atoms with Crippen molar-refractivity contribution in [2.24, 2.45) is 0 Å². The van der Waals surface area contributed by atoms with Crippen LogP contribution in [0.1, 0.15) is 36.5 Å². The van der Waals surface area contributed by atoms with Crippen LogP contribution in [0.2, 0.25) is 0 Å². The van der Waals surface area contributed by atoms with Crippen LogP contribution in [0.15, 0.2) is 45.6 Å². The lowest BCUT2D eigenvalue weighted by molar-refractivity contribution is 0.288. The Hall–Kier alpha value is -2.95. The normalized spacial score (nSPS) is 13.3. The fourth-order valence-corrected chi connectivity index (χ4v) is 3.49. The summed E-state index contributed by atoms with van der Waals surface area (Å²) in [5, 5.41) is 0.956. The van der Waals surface area contributed by atoms with Gasteiger partial charge in [-0.15, -0.1) is 0 Å². The van der Waals surface area contributed by atoms with Crippen LogP contribution < -0.4 is 20.0 Å². The average molecular weight is 379 g/mol. The van der Waals surface area contributed by atoms with Gasteiger partial charge in [-0.2, -0.15) is 0 Å². The smallest absolute Gasteiger partial charge is 0.339 e. The number of nitrogens with zero attached hydrogens (tertiary/aromatic N) is 1. The zero-order chi connectivity index (χ0) is 19.7. The molecular formula is C23H25NO4. The minimum absolute atomic E-state index is 0.290. The fourth-order valence-electron chi connectivity index (χ4n) is 3.49. The van der Waals surface area contributed by atoms with E-state index >= 15 is 0 Å². The van der Waals surface area contributed by atoms with Gasteiger partial charge in [0.2, 0.25) is 0 Å². The maximum atomic E-state index is 12.2. The second-order valence-corrected chi connectivity index (χ2v) is 7.23. The Morgan fingerprint density at radius 3 is 2.82 bits per heavy atom. The van der Waals surface area contributed by atoms with Crippen LogP contribution in [0, 0.1) is 13.8 Å². The third-order valence-corrected chi connectivity index (χ3v) is 5.36. The van der Waals surface area contributed by atoms with Crippen molar-refractivity contribution in [3.8, 4) is 11.5 Å². The molecule has 0 unspecified atom stereocenters.